The van der Waals surface area contributed by atoms with Crippen molar-refractivity contribution in [3.8, 4) is 0 Å². The molecular formula is C20H16Cl2N2O5. The molecule has 150 valence electrons. The van der Waals surface area contributed by atoms with Crippen LogP contribution in [0.1, 0.15) is 17.5 Å². The number of carbonyl (C=O) groups is 4. The van der Waals surface area contributed by atoms with Gasteiger partial charge in [0, 0.05) is 15.6 Å². The first-order valence-electron chi connectivity index (χ1n) is 8.49. The minimum Gasteiger partial charge on any atom is -0.376 e. The molecule has 2 aliphatic heterocycles. The average molecular weight is 435 g/mol. The molecular weight excluding hydrogens is 419 g/mol. The van der Waals surface area contributed by atoms with E-state index < -0.39 is 29.9 Å². The third-order valence-corrected chi connectivity index (χ3v) is 5.49. The quantitative estimate of drug-likeness (QED) is 0.590. The number of anilines is 1. The van der Waals surface area contributed by atoms with Gasteiger partial charge in [0.05, 0.1) is 18.7 Å². The third-order valence-electron chi connectivity index (χ3n) is 5.02. The summed E-state index contributed by atoms with van der Waals surface area (Å²) in [6.07, 6.45) is -0.297. The monoisotopic (exact) mass is 434 g/mol. The number of hydrogen-bond donors (Lipinski definition) is 1. The Morgan fingerprint density at radius 3 is 2.28 bits per heavy atom. The molecule has 1 spiro atoms. The average Bonchev–Trinajstić information content (AvgIpc) is 3.09. The van der Waals surface area contributed by atoms with Gasteiger partial charge in [-0.05, 0) is 35.9 Å². The van der Waals surface area contributed by atoms with E-state index in [9.17, 15) is 19.5 Å². The van der Waals surface area contributed by atoms with Gasteiger partial charge in [-0.15, -0.1) is 0 Å². The Hall–Kier alpha value is -2.74. The van der Waals surface area contributed by atoms with Crippen molar-refractivity contribution in [1.82, 2.24) is 4.90 Å². The van der Waals surface area contributed by atoms with Gasteiger partial charge in [0.25, 0.3) is 0 Å². The summed E-state index contributed by atoms with van der Waals surface area (Å²) in [5.41, 5.74) is -0.269. The van der Waals surface area contributed by atoms with E-state index in [0.29, 0.717) is 26.9 Å². The summed E-state index contributed by atoms with van der Waals surface area (Å²) in [6, 6.07) is 11.5. The van der Waals surface area contributed by atoms with Crippen LogP contribution in [0.2, 0.25) is 10.0 Å². The van der Waals surface area contributed by atoms with Crippen molar-refractivity contribution in [2.75, 3.05) is 11.6 Å². The van der Waals surface area contributed by atoms with Crippen LogP contribution >= 0.6 is 23.2 Å². The fourth-order valence-corrected chi connectivity index (χ4v) is 4.16. The van der Waals surface area contributed by atoms with E-state index in [1.54, 1.807) is 36.4 Å². The van der Waals surface area contributed by atoms with Crippen molar-refractivity contribution in [2.24, 2.45) is 0 Å². The second kappa shape index (κ2) is 7.94. The summed E-state index contributed by atoms with van der Waals surface area (Å²) in [7, 11) is 0. The van der Waals surface area contributed by atoms with Crippen LogP contribution in [0.5, 0.6) is 0 Å². The van der Waals surface area contributed by atoms with Crippen molar-refractivity contribution in [3.05, 3.63) is 63.6 Å². The lowest BCUT2D eigenvalue weighted by molar-refractivity contribution is -0.142. The van der Waals surface area contributed by atoms with Gasteiger partial charge in [-0.25, -0.2) is 0 Å². The maximum atomic E-state index is 13.3. The molecule has 2 aromatic carbocycles. The minimum absolute atomic E-state index is 0.0162. The first-order chi connectivity index (χ1) is 13.9. The molecule has 3 amide bonds. The molecule has 4 rings (SSSR count). The van der Waals surface area contributed by atoms with Crippen LogP contribution in [0.15, 0.2) is 42.5 Å². The zero-order valence-electron chi connectivity index (χ0n) is 15.1. The first-order valence-corrected chi connectivity index (χ1v) is 9.25. The van der Waals surface area contributed by atoms with Gasteiger partial charge in [0.1, 0.15) is 13.5 Å². The Bertz CT molecular complexity index is 1010. The number of benzene rings is 2. The molecule has 0 aliphatic carbocycles. The number of aliphatic hydroxyl groups is 1. The van der Waals surface area contributed by atoms with E-state index in [1.165, 1.54) is 6.07 Å². The molecule has 29 heavy (non-hydrogen) atoms. The van der Waals surface area contributed by atoms with Crippen LogP contribution in [0, 0.1) is 0 Å². The Kier molecular flexibility index (Phi) is 5.75. The molecule has 1 N–H and O–H groups in total. The second-order valence-corrected chi connectivity index (χ2v) is 7.41. The van der Waals surface area contributed by atoms with E-state index in [2.05, 4.69) is 0 Å². The summed E-state index contributed by atoms with van der Waals surface area (Å²) in [6.45, 7) is 1.42. The summed E-state index contributed by atoms with van der Waals surface area (Å²) in [4.78, 5) is 49.2. The topological polar surface area (TPSA) is 95.0 Å². The lowest BCUT2D eigenvalue weighted by Crippen LogP contribution is -2.46. The van der Waals surface area contributed by atoms with Crippen LogP contribution in [-0.4, -0.2) is 41.2 Å². The van der Waals surface area contributed by atoms with Gasteiger partial charge in [0.2, 0.25) is 17.7 Å². The molecule has 0 bridgehead atoms. The molecule has 1 unspecified atom stereocenters. The third kappa shape index (κ3) is 3.21. The minimum atomic E-state index is -1.68. The van der Waals surface area contributed by atoms with Crippen LogP contribution < -0.4 is 4.90 Å². The van der Waals surface area contributed by atoms with E-state index in [1.807, 2.05) is 6.79 Å². The lowest BCUT2D eigenvalue weighted by Gasteiger charge is -2.21. The summed E-state index contributed by atoms with van der Waals surface area (Å²) >= 11 is 12.1. The number of nitrogens with zero attached hydrogens (tertiary/aromatic N) is 2. The normalized spacial score (nSPS) is 20.2. The molecule has 1 saturated heterocycles. The highest BCUT2D eigenvalue weighted by Crippen LogP contribution is 2.49. The van der Waals surface area contributed by atoms with E-state index in [-0.39, 0.29) is 13.0 Å². The zero-order chi connectivity index (χ0) is 21.3. The van der Waals surface area contributed by atoms with Crippen molar-refractivity contribution < 1.29 is 24.3 Å². The van der Waals surface area contributed by atoms with Gasteiger partial charge >= 0.3 is 0 Å². The number of aliphatic hydroxyl groups excluding tert-OH is 1. The summed E-state index contributed by atoms with van der Waals surface area (Å²) in [5, 5.41) is 10.5. The molecule has 1 atom stereocenters. The number of carbonyl (C=O) groups excluding carboxylic acids is 4. The molecule has 1 fully saturated rings. The van der Waals surface area contributed by atoms with E-state index in [4.69, 9.17) is 28.0 Å². The molecule has 2 aliphatic rings. The highest BCUT2D eigenvalue weighted by molar-refractivity contribution is 6.32. The van der Waals surface area contributed by atoms with Gasteiger partial charge < -0.3 is 9.90 Å². The SMILES string of the molecule is C=O.O=C1CC2(C(=O)N1Cc1cccc(Cl)c1)C(=O)N(CO)c1ccc(Cl)cc12. The Morgan fingerprint density at radius 1 is 0.966 bits per heavy atom. The first kappa shape index (κ1) is 21.0. The molecule has 0 radical (unpaired) electrons. The highest BCUT2D eigenvalue weighted by atomic mass is 35.5. The van der Waals surface area contributed by atoms with E-state index >= 15 is 0 Å². The number of fused-ring (bicyclic) bond motifs is 2. The van der Waals surface area contributed by atoms with Crippen molar-refractivity contribution in [2.45, 2.75) is 18.4 Å². The molecule has 2 aromatic rings. The number of likely N-dealkylation sites (tertiary alicyclic amines) is 1. The standard InChI is InChI=1S/C19H14Cl2N2O4.CH2O/c20-12-3-1-2-11(6-12)9-22-16(25)8-19(17(22)26)14-7-13(21)4-5-15(14)23(10-24)18(19)27;1-2/h1-7,24H,8-10H2;1H2. The van der Waals surface area contributed by atoms with Gasteiger partial charge in [-0.3, -0.25) is 24.2 Å². The van der Waals surface area contributed by atoms with Crippen molar-refractivity contribution >= 4 is 53.4 Å². The van der Waals surface area contributed by atoms with Crippen molar-refractivity contribution in [1.29, 1.82) is 0 Å². The second-order valence-electron chi connectivity index (χ2n) is 6.53. The van der Waals surface area contributed by atoms with Crippen LogP contribution in [-0.2, 0) is 31.1 Å². The number of amides is 3. The van der Waals surface area contributed by atoms with Crippen LogP contribution in [0.25, 0.3) is 0 Å². The number of halogens is 2. The van der Waals surface area contributed by atoms with Gasteiger partial charge in [-0.2, -0.15) is 0 Å². The van der Waals surface area contributed by atoms with Gasteiger partial charge in [0.15, 0.2) is 5.41 Å². The largest absolute Gasteiger partial charge is 0.376 e. The fraction of sp³-hybridized carbons (Fsp3) is 0.200. The summed E-state index contributed by atoms with van der Waals surface area (Å²) < 4.78 is 0. The molecule has 2 heterocycles. The highest BCUT2D eigenvalue weighted by Gasteiger charge is 2.63. The lowest BCUT2D eigenvalue weighted by atomic mass is 9.80. The Balaban J connectivity index is 0.00000117. The number of rotatable bonds is 3. The van der Waals surface area contributed by atoms with Crippen LogP contribution in [0.3, 0.4) is 0 Å². The van der Waals surface area contributed by atoms with Crippen LogP contribution in [0.4, 0.5) is 5.69 Å². The predicted molar refractivity (Wildman–Crippen MR) is 106 cm³/mol. The van der Waals surface area contributed by atoms with Gasteiger partial charge in [-0.1, -0.05) is 35.3 Å². The summed E-state index contributed by atoms with van der Waals surface area (Å²) in [5.74, 6) is -1.69. The smallest absolute Gasteiger partial charge is 0.250 e. The zero-order valence-corrected chi connectivity index (χ0v) is 16.6. The molecule has 9 heteroatoms. The fourth-order valence-electron chi connectivity index (χ4n) is 3.78. The Labute approximate surface area is 176 Å². The maximum absolute atomic E-state index is 13.3. The predicted octanol–water partition coefficient (Wildman–Crippen LogP) is 2.30. The number of imide groups is 1. The molecule has 0 saturated carbocycles. The Morgan fingerprint density at radius 2 is 1.62 bits per heavy atom. The molecule has 7 nitrogen and oxygen atoms in total. The van der Waals surface area contributed by atoms with E-state index in [0.717, 1.165) is 9.80 Å². The number of hydrogen-bond acceptors (Lipinski definition) is 5. The maximum Gasteiger partial charge on any atom is 0.250 e. The molecule has 0 aromatic heterocycles. The van der Waals surface area contributed by atoms with Crippen molar-refractivity contribution in [3.63, 3.8) is 0 Å².